The molecule has 3 heteroatoms. The third kappa shape index (κ3) is 2.08. The van der Waals surface area contributed by atoms with E-state index in [9.17, 15) is 0 Å². The zero-order chi connectivity index (χ0) is 11.7. The summed E-state index contributed by atoms with van der Waals surface area (Å²) in [5.41, 5.74) is 3.08. The summed E-state index contributed by atoms with van der Waals surface area (Å²) in [5.74, 6) is 3.64. The third-order valence-electron chi connectivity index (χ3n) is 3.63. The summed E-state index contributed by atoms with van der Waals surface area (Å²) in [4.78, 5) is 0. The Labute approximate surface area is 112 Å². The van der Waals surface area contributed by atoms with E-state index in [-0.39, 0.29) is 0 Å². The predicted octanol–water partition coefficient (Wildman–Crippen LogP) is 4.05. The largest absolute Gasteiger partial charge is 0.497 e. The minimum Gasteiger partial charge on any atom is -0.497 e. The van der Waals surface area contributed by atoms with E-state index in [1.807, 2.05) is 0 Å². The van der Waals surface area contributed by atoms with E-state index in [0.717, 1.165) is 5.75 Å². The van der Waals surface area contributed by atoms with Crippen molar-refractivity contribution >= 4 is 23.5 Å². The second-order valence-electron chi connectivity index (χ2n) is 4.68. The van der Waals surface area contributed by atoms with Crippen LogP contribution >= 0.6 is 23.5 Å². The molecule has 1 heterocycles. The molecule has 1 aromatic rings. The van der Waals surface area contributed by atoms with Crippen LogP contribution in [-0.2, 0) is 10.5 Å². The molecule has 3 rings (SSSR count). The quantitative estimate of drug-likeness (QED) is 0.759. The molecule has 1 aliphatic carbocycles. The summed E-state index contributed by atoms with van der Waals surface area (Å²) in [6, 6.07) is 6.67. The number of hydrogen-bond donors (Lipinski definition) is 0. The van der Waals surface area contributed by atoms with Gasteiger partial charge in [0.1, 0.15) is 5.75 Å². The third-order valence-corrected chi connectivity index (χ3v) is 7.11. The van der Waals surface area contributed by atoms with Crippen LogP contribution in [0, 0.1) is 0 Å². The van der Waals surface area contributed by atoms with Crippen molar-refractivity contribution < 1.29 is 4.74 Å². The summed E-state index contributed by atoms with van der Waals surface area (Å²) in [7, 11) is 1.75. The van der Waals surface area contributed by atoms with Crippen molar-refractivity contribution in [3.8, 4) is 5.75 Å². The number of ether oxygens (including phenoxy) is 1. The van der Waals surface area contributed by atoms with E-state index >= 15 is 0 Å². The van der Waals surface area contributed by atoms with Crippen LogP contribution in [0.4, 0.5) is 0 Å². The van der Waals surface area contributed by atoms with Crippen LogP contribution in [0.5, 0.6) is 5.75 Å². The maximum absolute atomic E-state index is 5.34. The van der Waals surface area contributed by atoms with Crippen LogP contribution in [0.2, 0.25) is 0 Å². The molecular weight excluding hydrogens is 248 g/mol. The van der Waals surface area contributed by atoms with Crippen LogP contribution in [0.15, 0.2) is 18.2 Å². The molecule has 0 N–H and O–H groups in total. The van der Waals surface area contributed by atoms with Gasteiger partial charge in [-0.15, -0.1) is 23.5 Å². The lowest BCUT2D eigenvalue weighted by Crippen LogP contribution is -2.27. The average molecular weight is 266 g/mol. The van der Waals surface area contributed by atoms with Crippen molar-refractivity contribution in [2.45, 2.75) is 29.8 Å². The summed E-state index contributed by atoms with van der Waals surface area (Å²) in [6.07, 6.45) is 5.24. The highest BCUT2D eigenvalue weighted by atomic mass is 32.2. The lowest BCUT2D eigenvalue weighted by atomic mass is 9.90. The van der Waals surface area contributed by atoms with Gasteiger partial charge in [-0.25, -0.2) is 0 Å². The normalized spacial score (nSPS) is 22.2. The Balaban J connectivity index is 2.01. The van der Waals surface area contributed by atoms with Gasteiger partial charge in [-0.1, -0.05) is 6.07 Å². The maximum atomic E-state index is 5.34. The van der Waals surface area contributed by atoms with Crippen LogP contribution in [0.3, 0.4) is 0 Å². The van der Waals surface area contributed by atoms with Gasteiger partial charge in [0.15, 0.2) is 0 Å². The number of aryl methyl sites for hydroxylation is 1. The summed E-state index contributed by atoms with van der Waals surface area (Å²) >= 11 is 4.33. The standard InChI is InChI=1S/C14H18OS2/c1-15-12-5-6-13-11(10-12)4-2-7-14(13)16-8-3-9-17-14/h5-6,10H,2-4,7-9H2,1H3. The highest BCUT2D eigenvalue weighted by molar-refractivity contribution is 8.18. The fourth-order valence-corrected chi connectivity index (χ4v) is 6.34. The fraction of sp³-hybridized carbons (Fsp3) is 0.571. The number of benzene rings is 1. The first-order valence-corrected chi connectivity index (χ1v) is 8.26. The van der Waals surface area contributed by atoms with Gasteiger partial charge < -0.3 is 4.74 Å². The second-order valence-corrected chi connectivity index (χ2v) is 7.73. The van der Waals surface area contributed by atoms with Gasteiger partial charge in [0.25, 0.3) is 0 Å². The smallest absolute Gasteiger partial charge is 0.119 e. The predicted molar refractivity (Wildman–Crippen MR) is 77.1 cm³/mol. The van der Waals surface area contributed by atoms with Crippen LogP contribution < -0.4 is 4.74 Å². The Kier molecular flexibility index (Phi) is 3.31. The molecule has 0 radical (unpaired) electrons. The van der Waals surface area contributed by atoms with Gasteiger partial charge in [0, 0.05) is 0 Å². The number of hydrogen-bond acceptors (Lipinski definition) is 3. The van der Waals surface area contributed by atoms with Gasteiger partial charge in [0.05, 0.1) is 11.2 Å². The Hall–Kier alpha value is -0.280. The molecule has 2 aliphatic rings. The van der Waals surface area contributed by atoms with E-state index in [1.165, 1.54) is 42.8 Å². The molecule has 0 unspecified atom stereocenters. The van der Waals surface area contributed by atoms with Gasteiger partial charge in [-0.2, -0.15) is 0 Å². The molecule has 1 aromatic carbocycles. The Bertz CT molecular complexity index is 411. The highest BCUT2D eigenvalue weighted by Gasteiger charge is 2.39. The zero-order valence-electron chi connectivity index (χ0n) is 10.2. The van der Waals surface area contributed by atoms with Gasteiger partial charge in [-0.3, -0.25) is 0 Å². The number of thioether (sulfide) groups is 2. The molecule has 1 aliphatic heterocycles. The molecule has 0 amide bonds. The van der Waals surface area contributed by atoms with Gasteiger partial charge in [0.2, 0.25) is 0 Å². The van der Waals surface area contributed by atoms with E-state index < -0.39 is 0 Å². The van der Waals surface area contributed by atoms with E-state index in [1.54, 1.807) is 12.7 Å². The van der Waals surface area contributed by atoms with Crippen molar-refractivity contribution in [2.75, 3.05) is 18.6 Å². The Morgan fingerprint density at radius 3 is 2.76 bits per heavy atom. The molecule has 17 heavy (non-hydrogen) atoms. The first-order valence-electron chi connectivity index (χ1n) is 6.29. The monoisotopic (exact) mass is 266 g/mol. The molecular formula is C14H18OS2. The minimum absolute atomic E-state index is 0.359. The maximum Gasteiger partial charge on any atom is 0.119 e. The number of fused-ring (bicyclic) bond motifs is 2. The highest BCUT2D eigenvalue weighted by Crippen LogP contribution is 2.56. The fourth-order valence-electron chi connectivity index (χ4n) is 2.80. The van der Waals surface area contributed by atoms with E-state index in [0.29, 0.717) is 4.08 Å². The van der Waals surface area contributed by atoms with Gasteiger partial charge in [-0.05, 0) is 60.4 Å². The molecule has 1 spiro atoms. The molecule has 0 saturated carbocycles. The van der Waals surface area contributed by atoms with Crippen LogP contribution in [0.1, 0.15) is 30.4 Å². The summed E-state index contributed by atoms with van der Waals surface area (Å²) in [6.45, 7) is 0. The molecule has 1 saturated heterocycles. The summed E-state index contributed by atoms with van der Waals surface area (Å²) < 4.78 is 5.70. The van der Waals surface area contributed by atoms with Crippen molar-refractivity contribution in [1.82, 2.24) is 0 Å². The van der Waals surface area contributed by atoms with Crippen molar-refractivity contribution in [3.63, 3.8) is 0 Å². The number of rotatable bonds is 1. The summed E-state index contributed by atoms with van der Waals surface area (Å²) in [5, 5.41) is 0. The lowest BCUT2D eigenvalue weighted by Gasteiger charge is -2.40. The molecule has 1 fully saturated rings. The van der Waals surface area contributed by atoms with Crippen molar-refractivity contribution in [2.24, 2.45) is 0 Å². The minimum atomic E-state index is 0.359. The second kappa shape index (κ2) is 4.77. The van der Waals surface area contributed by atoms with Crippen molar-refractivity contribution in [3.05, 3.63) is 29.3 Å². The first kappa shape index (κ1) is 11.8. The number of methoxy groups -OCH3 is 1. The average Bonchev–Trinajstić information content (AvgIpc) is 2.39. The van der Waals surface area contributed by atoms with Crippen LogP contribution in [0.25, 0.3) is 0 Å². The van der Waals surface area contributed by atoms with Crippen molar-refractivity contribution in [1.29, 1.82) is 0 Å². The molecule has 0 aromatic heterocycles. The zero-order valence-corrected chi connectivity index (χ0v) is 11.8. The SMILES string of the molecule is COc1ccc2c(c1)CCCC21SCCCS1. The van der Waals surface area contributed by atoms with Gasteiger partial charge >= 0.3 is 0 Å². The first-order chi connectivity index (χ1) is 8.34. The molecule has 0 bridgehead atoms. The topological polar surface area (TPSA) is 9.23 Å². The molecule has 1 nitrogen and oxygen atoms in total. The lowest BCUT2D eigenvalue weighted by molar-refractivity contribution is 0.413. The Morgan fingerprint density at radius 1 is 1.18 bits per heavy atom. The van der Waals surface area contributed by atoms with Crippen LogP contribution in [-0.4, -0.2) is 18.6 Å². The molecule has 92 valence electrons. The Morgan fingerprint density at radius 2 is 2.00 bits per heavy atom. The van der Waals surface area contributed by atoms with E-state index in [2.05, 4.69) is 41.7 Å². The molecule has 0 atom stereocenters. The van der Waals surface area contributed by atoms with E-state index in [4.69, 9.17) is 4.74 Å².